The number of ether oxygens (including phenoxy) is 1. The van der Waals surface area contributed by atoms with Crippen LogP contribution in [0.25, 0.3) is 0 Å². The highest BCUT2D eigenvalue weighted by molar-refractivity contribution is 5.85. The van der Waals surface area contributed by atoms with Crippen molar-refractivity contribution in [2.75, 3.05) is 26.7 Å². The van der Waals surface area contributed by atoms with Crippen molar-refractivity contribution in [2.24, 2.45) is 0 Å². The Morgan fingerprint density at radius 2 is 1.56 bits per heavy atom. The number of alkyl halides is 3. The van der Waals surface area contributed by atoms with Gasteiger partial charge in [-0.1, -0.05) is 86.3 Å². The highest BCUT2D eigenvalue weighted by Crippen LogP contribution is 2.32. The largest absolute Gasteiger partial charge is 0.542 e. The SMILES string of the molecule is CCCCCC#CC[N@+]1(C)CCCC1COC(=O)C(O)(c1ccccc1)c1ccccc1.O=C([O-])C(F)(F)F. The Labute approximate surface area is 228 Å². The van der Waals surface area contributed by atoms with Crippen LogP contribution in [0.1, 0.15) is 56.6 Å². The molecule has 2 aromatic rings. The molecule has 2 aromatic carbocycles. The van der Waals surface area contributed by atoms with Gasteiger partial charge >= 0.3 is 12.1 Å². The molecule has 39 heavy (non-hydrogen) atoms. The molecular formula is C30H36F3NO5. The summed E-state index contributed by atoms with van der Waals surface area (Å²) in [6, 6.07) is 18.3. The number of benzene rings is 2. The van der Waals surface area contributed by atoms with Crippen LogP contribution < -0.4 is 5.11 Å². The number of rotatable bonds is 9. The number of carbonyl (C=O) groups excluding carboxylic acids is 2. The monoisotopic (exact) mass is 547 g/mol. The lowest BCUT2D eigenvalue weighted by Crippen LogP contribution is -2.51. The summed E-state index contributed by atoms with van der Waals surface area (Å²) < 4.78 is 38.1. The molecule has 0 amide bonds. The number of halogens is 3. The summed E-state index contributed by atoms with van der Waals surface area (Å²) in [5, 5.41) is 20.4. The predicted molar refractivity (Wildman–Crippen MR) is 139 cm³/mol. The number of quaternary nitrogens is 1. The van der Waals surface area contributed by atoms with Crippen LogP contribution in [0.3, 0.4) is 0 Å². The summed E-state index contributed by atoms with van der Waals surface area (Å²) in [6.07, 6.45) is 1.45. The molecule has 2 atom stereocenters. The van der Waals surface area contributed by atoms with E-state index in [9.17, 15) is 23.1 Å². The highest BCUT2D eigenvalue weighted by atomic mass is 19.4. The maximum Gasteiger partial charge on any atom is 0.430 e. The minimum Gasteiger partial charge on any atom is -0.542 e. The van der Waals surface area contributed by atoms with E-state index in [1.165, 1.54) is 12.8 Å². The second-order valence-corrected chi connectivity index (χ2v) is 9.79. The molecule has 1 fully saturated rings. The van der Waals surface area contributed by atoms with Gasteiger partial charge in [0.2, 0.25) is 5.60 Å². The molecule has 3 rings (SSSR count). The third-order valence-corrected chi connectivity index (χ3v) is 6.88. The zero-order valence-corrected chi connectivity index (χ0v) is 22.4. The fourth-order valence-corrected chi connectivity index (χ4v) is 4.48. The number of esters is 1. The van der Waals surface area contributed by atoms with E-state index < -0.39 is 23.7 Å². The molecule has 0 radical (unpaired) electrons. The first kappa shape index (κ1) is 31.9. The fourth-order valence-electron chi connectivity index (χ4n) is 4.48. The number of likely N-dealkylation sites (tertiary alicyclic amines) is 1. The van der Waals surface area contributed by atoms with Gasteiger partial charge in [0.25, 0.3) is 0 Å². The van der Waals surface area contributed by atoms with Crippen molar-refractivity contribution in [1.82, 2.24) is 0 Å². The van der Waals surface area contributed by atoms with Crippen molar-refractivity contribution in [1.29, 1.82) is 0 Å². The summed E-state index contributed by atoms with van der Waals surface area (Å²) in [5.41, 5.74) is -0.806. The molecule has 1 saturated heterocycles. The summed E-state index contributed by atoms with van der Waals surface area (Å²) in [5.74, 6) is 3.04. The molecule has 1 aliphatic heterocycles. The van der Waals surface area contributed by atoms with Gasteiger partial charge in [0.05, 0.1) is 13.6 Å². The standard InChI is InChI=1S/C28H36NO3.C2HF3O2/c1-3-4-5-6-7-14-21-29(2)22-15-20-26(29)23-32-27(30)28(31,24-16-10-8-11-17-24)25-18-12-9-13-19-25;3-2(4,5)1(6)7/h8-13,16-19,26,31H,3-6,15,20-23H2,1-2H3;(H,6,7)/q+1;/p-1/t26?,29-;/m1./s1. The van der Waals surface area contributed by atoms with E-state index in [0.717, 1.165) is 43.3 Å². The van der Waals surface area contributed by atoms with Crippen molar-refractivity contribution in [3.63, 3.8) is 0 Å². The van der Waals surface area contributed by atoms with Gasteiger partial charge in [-0.2, -0.15) is 13.2 Å². The van der Waals surface area contributed by atoms with Crippen molar-refractivity contribution >= 4 is 11.9 Å². The normalized spacial score (nSPS) is 18.8. The van der Waals surface area contributed by atoms with Crippen LogP contribution in [0.4, 0.5) is 13.2 Å². The second kappa shape index (κ2) is 14.7. The number of hydrogen-bond acceptors (Lipinski definition) is 5. The van der Waals surface area contributed by atoms with Crippen LogP contribution in [0.15, 0.2) is 60.7 Å². The third kappa shape index (κ3) is 9.12. The van der Waals surface area contributed by atoms with E-state index in [4.69, 9.17) is 14.6 Å². The van der Waals surface area contributed by atoms with Gasteiger partial charge in [0.1, 0.15) is 25.2 Å². The number of hydrogen-bond donors (Lipinski definition) is 1. The van der Waals surface area contributed by atoms with Crippen molar-refractivity contribution < 1.29 is 42.2 Å². The minimum absolute atomic E-state index is 0.194. The van der Waals surface area contributed by atoms with E-state index in [2.05, 4.69) is 25.8 Å². The molecule has 1 unspecified atom stereocenters. The lowest BCUT2D eigenvalue weighted by molar-refractivity contribution is -0.914. The Kier molecular flexibility index (Phi) is 12.0. The predicted octanol–water partition coefficient (Wildman–Crippen LogP) is 3.96. The van der Waals surface area contributed by atoms with E-state index in [0.29, 0.717) is 11.1 Å². The van der Waals surface area contributed by atoms with Gasteiger partial charge in [-0.05, 0) is 23.5 Å². The summed E-state index contributed by atoms with van der Waals surface area (Å²) in [4.78, 5) is 22.1. The van der Waals surface area contributed by atoms with Gasteiger partial charge in [-0.25, -0.2) is 4.79 Å². The van der Waals surface area contributed by atoms with E-state index >= 15 is 0 Å². The van der Waals surface area contributed by atoms with Crippen molar-refractivity contribution in [3.05, 3.63) is 71.8 Å². The van der Waals surface area contributed by atoms with Gasteiger partial charge in [0.15, 0.2) is 0 Å². The molecular weight excluding hydrogens is 511 g/mol. The number of unbranched alkanes of at least 4 members (excludes halogenated alkanes) is 3. The number of carbonyl (C=O) groups is 2. The molecule has 1 aliphatic rings. The molecule has 0 aliphatic carbocycles. The van der Waals surface area contributed by atoms with Crippen molar-refractivity contribution in [2.45, 2.75) is 63.3 Å². The molecule has 1 heterocycles. The Morgan fingerprint density at radius 3 is 2.05 bits per heavy atom. The number of aliphatic hydroxyl groups is 1. The van der Waals surface area contributed by atoms with Gasteiger partial charge in [-0.15, -0.1) is 0 Å². The molecule has 0 spiro atoms. The fraction of sp³-hybridized carbons (Fsp3) is 0.467. The first-order valence-electron chi connectivity index (χ1n) is 13.0. The second-order valence-electron chi connectivity index (χ2n) is 9.79. The maximum atomic E-state index is 13.3. The average Bonchev–Trinajstić information content (AvgIpc) is 3.29. The van der Waals surface area contributed by atoms with Gasteiger partial charge in [0, 0.05) is 19.3 Å². The van der Waals surface area contributed by atoms with Crippen LogP contribution in [0.5, 0.6) is 0 Å². The van der Waals surface area contributed by atoms with Crippen LogP contribution in [0.2, 0.25) is 0 Å². The van der Waals surface area contributed by atoms with Crippen molar-refractivity contribution in [3.8, 4) is 11.8 Å². The molecule has 212 valence electrons. The van der Waals surface area contributed by atoms with Crippen LogP contribution in [0, 0.1) is 11.8 Å². The van der Waals surface area contributed by atoms with E-state index in [-0.39, 0.29) is 12.6 Å². The van der Waals surface area contributed by atoms with Gasteiger partial charge in [-0.3, -0.25) is 0 Å². The zero-order chi connectivity index (χ0) is 28.9. The Balaban J connectivity index is 0.000000673. The van der Waals surface area contributed by atoms with E-state index in [1.54, 1.807) is 24.3 Å². The zero-order valence-electron chi connectivity index (χ0n) is 22.4. The minimum atomic E-state index is -5.19. The molecule has 0 saturated carbocycles. The Hall–Kier alpha value is -3.35. The maximum absolute atomic E-state index is 13.3. The van der Waals surface area contributed by atoms with Crippen LogP contribution >= 0.6 is 0 Å². The molecule has 6 nitrogen and oxygen atoms in total. The topological polar surface area (TPSA) is 86.7 Å². The Bertz CT molecular complexity index is 1070. The van der Waals surface area contributed by atoms with Crippen LogP contribution in [-0.2, 0) is 19.9 Å². The van der Waals surface area contributed by atoms with Gasteiger partial charge < -0.3 is 24.2 Å². The summed E-state index contributed by atoms with van der Waals surface area (Å²) in [6.45, 7) is 4.30. The first-order chi connectivity index (χ1) is 18.4. The molecule has 9 heteroatoms. The number of carboxylic acid groups (broad SMARTS) is 1. The lowest BCUT2D eigenvalue weighted by atomic mass is 9.86. The lowest BCUT2D eigenvalue weighted by Gasteiger charge is -2.35. The molecule has 0 aromatic heterocycles. The molecule has 0 bridgehead atoms. The number of nitrogens with zero attached hydrogens (tertiary/aromatic N) is 1. The van der Waals surface area contributed by atoms with Crippen LogP contribution in [-0.4, -0.2) is 60.5 Å². The quantitative estimate of drug-likeness (QED) is 0.222. The smallest absolute Gasteiger partial charge is 0.430 e. The molecule has 1 N–H and O–H groups in total. The number of carboxylic acids is 1. The number of aliphatic carboxylic acids is 1. The summed E-state index contributed by atoms with van der Waals surface area (Å²) >= 11 is 0. The summed E-state index contributed by atoms with van der Waals surface area (Å²) in [7, 11) is 2.20. The first-order valence-corrected chi connectivity index (χ1v) is 13.0. The Morgan fingerprint density at radius 1 is 1.03 bits per heavy atom. The number of likely N-dealkylation sites (N-methyl/N-ethyl adjacent to an activating group) is 1. The average molecular weight is 548 g/mol. The third-order valence-electron chi connectivity index (χ3n) is 6.88. The highest BCUT2D eigenvalue weighted by Gasteiger charge is 2.44. The van der Waals surface area contributed by atoms with E-state index in [1.807, 2.05) is 36.4 Å².